The highest BCUT2D eigenvalue weighted by Crippen LogP contribution is 2.40. The van der Waals surface area contributed by atoms with Crippen molar-refractivity contribution < 1.29 is 13.9 Å². The van der Waals surface area contributed by atoms with E-state index in [2.05, 4.69) is 27.4 Å². The van der Waals surface area contributed by atoms with Gasteiger partial charge in [-0.25, -0.2) is 14.4 Å². The van der Waals surface area contributed by atoms with Crippen molar-refractivity contribution in [2.24, 2.45) is 7.05 Å². The maximum atomic E-state index is 14.4. The molecule has 0 aliphatic carbocycles. The van der Waals surface area contributed by atoms with Crippen LogP contribution in [-0.4, -0.2) is 72.4 Å². The molecule has 2 N–H and O–H groups in total. The average molecular weight is 632 g/mol. The molecule has 0 atom stereocenters. The molecule has 238 valence electrons. The number of amides is 1. The number of nitrogens with zero attached hydrogens (tertiary/aromatic N) is 5. The fraction of sp³-hybridized carbons (Fsp3) is 0.382. The highest BCUT2D eigenvalue weighted by molar-refractivity contribution is 7.98. The largest absolute Gasteiger partial charge is 0.494 e. The van der Waals surface area contributed by atoms with Crippen molar-refractivity contribution >= 4 is 51.6 Å². The van der Waals surface area contributed by atoms with Gasteiger partial charge in [0.2, 0.25) is 11.9 Å². The fourth-order valence-electron chi connectivity index (χ4n) is 5.44. The highest BCUT2D eigenvalue weighted by atomic mass is 32.2. The van der Waals surface area contributed by atoms with E-state index < -0.39 is 0 Å². The molecule has 0 spiro atoms. The molecule has 0 saturated carbocycles. The van der Waals surface area contributed by atoms with E-state index in [-0.39, 0.29) is 11.7 Å². The summed E-state index contributed by atoms with van der Waals surface area (Å²) < 4.78 is 22.3. The maximum Gasteiger partial charge on any atom is 0.248 e. The SMILES string of the molecule is CCC/C=C\C(=O)Nc1cc(Nc2nc3c(c(-c4cn(C)c5ccc(F)cc45)n2)CSCC3)c(OC)cc1N(C)CCN(C)C. The van der Waals surface area contributed by atoms with Crippen molar-refractivity contribution in [3.05, 3.63) is 65.8 Å². The Labute approximate surface area is 268 Å². The first-order chi connectivity index (χ1) is 21.7. The summed E-state index contributed by atoms with van der Waals surface area (Å²) in [6.45, 7) is 3.66. The van der Waals surface area contributed by atoms with Crippen LogP contribution in [0.2, 0.25) is 0 Å². The van der Waals surface area contributed by atoms with Gasteiger partial charge in [-0.05, 0) is 63.0 Å². The molecule has 0 bridgehead atoms. The number of likely N-dealkylation sites (N-methyl/N-ethyl adjacent to an activating group) is 2. The molecule has 0 unspecified atom stereocenters. The fourth-order valence-corrected chi connectivity index (χ4v) is 6.43. The number of carbonyl (C=O) groups is 1. The summed E-state index contributed by atoms with van der Waals surface area (Å²) in [5.41, 5.74) is 6.74. The average Bonchev–Trinajstić information content (AvgIpc) is 3.34. The number of methoxy groups -OCH3 is 1. The van der Waals surface area contributed by atoms with E-state index in [0.717, 1.165) is 83.0 Å². The van der Waals surface area contributed by atoms with Crippen LogP contribution >= 0.6 is 11.8 Å². The second-order valence-corrected chi connectivity index (χ2v) is 12.6. The third-order valence-corrected chi connectivity index (χ3v) is 8.86. The molecule has 0 fully saturated rings. The van der Waals surface area contributed by atoms with E-state index in [1.165, 1.54) is 6.07 Å². The number of allylic oxidation sites excluding steroid dienone is 1. The zero-order valence-corrected chi connectivity index (χ0v) is 27.7. The number of benzene rings is 2. The van der Waals surface area contributed by atoms with Crippen molar-refractivity contribution in [1.82, 2.24) is 19.4 Å². The molecular formula is C34H42FN7O2S. The van der Waals surface area contributed by atoms with E-state index >= 15 is 0 Å². The molecule has 1 aliphatic heterocycles. The molecule has 4 aromatic rings. The quantitative estimate of drug-likeness (QED) is 0.169. The van der Waals surface area contributed by atoms with Gasteiger partial charge in [-0.2, -0.15) is 11.8 Å². The predicted octanol–water partition coefficient (Wildman–Crippen LogP) is 6.61. The number of anilines is 4. The lowest BCUT2D eigenvalue weighted by molar-refractivity contribution is -0.111. The molecule has 11 heteroatoms. The lowest BCUT2D eigenvalue weighted by Crippen LogP contribution is -2.29. The number of unbranched alkanes of at least 4 members (excludes halogenated alkanes) is 1. The number of nitrogens with one attached hydrogen (secondary N) is 2. The summed E-state index contributed by atoms with van der Waals surface area (Å²) in [6.07, 6.45) is 8.07. The van der Waals surface area contributed by atoms with Crippen LogP contribution in [0.1, 0.15) is 31.0 Å². The number of hydrogen-bond donors (Lipinski definition) is 2. The highest BCUT2D eigenvalue weighted by Gasteiger charge is 2.23. The Morgan fingerprint density at radius 2 is 1.98 bits per heavy atom. The van der Waals surface area contributed by atoms with Gasteiger partial charge in [-0.1, -0.05) is 19.4 Å². The molecule has 1 amide bonds. The number of rotatable bonds is 12. The summed E-state index contributed by atoms with van der Waals surface area (Å²) in [6, 6.07) is 8.64. The minimum absolute atomic E-state index is 0.199. The standard InChI is InChI=1S/C34H42FN7O2S/c1-7-8-9-10-32(43)36-27-18-28(31(44-6)19-30(27)41(4)15-14-40(2)3)38-34-37-26-13-16-45-21-25(26)33(39-34)24-20-42(5)29-12-11-22(35)17-23(24)29/h9-12,17-20H,7-8,13-16,21H2,1-6H3,(H,36,43)(H,37,38,39)/b10-9-. The van der Waals surface area contributed by atoms with Gasteiger partial charge in [0, 0.05) is 67.2 Å². The predicted molar refractivity (Wildman–Crippen MR) is 185 cm³/mol. The summed E-state index contributed by atoms with van der Waals surface area (Å²) in [5.74, 6) is 2.27. The molecule has 3 heterocycles. The second kappa shape index (κ2) is 14.3. The third kappa shape index (κ3) is 7.42. The molecular weight excluding hydrogens is 589 g/mol. The number of aryl methyl sites for hydroxylation is 2. The molecule has 2 aromatic carbocycles. The number of hydrogen-bond acceptors (Lipinski definition) is 8. The van der Waals surface area contributed by atoms with E-state index in [9.17, 15) is 9.18 Å². The minimum atomic E-state index is -0.287. The molecule has 0 saturated heterocycles. The van der Waals surface area contributed by atoms with E-state index in [0.29, 0.717) is 23.1 Å². The van der Waals surface area contributed by atoms with Gasteiger partial charge in [-0.15, -0.1) is 0 Å². The molecule has 45 heavy (non-hydrogen) atoms. The summed E-state index contributed by atoms with van der Waals surface area (Å²) >= 11 is 1.85. The topological polar surface area (TPSA) is 87.5 Å². The summed E-state index contributed by atoms with van der Waals surface area (Å²) in [5, 5.41) is 7.28. The number of thioether (sulfide) groups is 1. The first-order valence-corrected chi connectivity index (χ1v) is 16.4. The van der Waals surface area contributed by atoms with Crippen molar-refractivity contribution in [3.63, 3.8) is 0 Å². The van der Waals surface area contributed by atoms with Crippen molar-refractivity contribution in [2.75, 3.05) is 62.6 Å². The monoisotopic (exact) mass is 631 g/mol. The van der Waals surface area contributed by atoms with Gasteiger partial charge in [0.05, 0.1) is 35.6 Å². The smallest absolute Gasteiger partial charge is 0.248 e. The third-order valence-electron chi connectivity index (χ3n) is 7.87. The van der Waals surface area contributed by atoms with Gasteiger partial charge < -0.3 is 29.7 Å². The zero-order chi connectivity index (χ0) is 32.1. The van der Waals surface area contributed by atoms with Crippen LogP contribution in [0.4, 0.5) is 27.4 Å². The lowest BCUT2D eigenvalue weighted by atomic mass is 10.0. The summed E-state index contributed by atoms with van der Waals surface area (Å²) in [4.78, 5) is 27.1. The van der Waals surface area contributed by atoms with Crippen LogP contribution < -0.4 is 20.3 Å². The van der Waals surface area contributed by atoms with Crippen LogP contribution in [0.25, 0.3) is 22.2 Å². The molecule has 5 rings (SSSR count). The number of fused-ring (bicyclic) bond motifs is 2. The molecule has 1 aliphatic rings. The lowest BCUT2D eigenvalue weighted by Gasteiger charge is -2.26. The molecule has 9 nitrogen and oxygen atoms in total. The number of aromatic nitrogens is 3. The van der Waals surface area contributed by atoms with E-state index in [1.807, 2.05) is 68.9 Å². The van der Waals surface area contributed by atoms with Crippen LogP contribution in [0, 0.1) is 5.82 Å². The van der Waals surface area contributed by atoms with E-state index in [4.69, 9.17) is 14.7 Å². The van der Waals surface area contributed by atoms with Crippen molar-refractivity contribution in [3.8, 4) is 17.0 Å². The van der Waals surface area contributed by atoms with Crippen molar-refractivity contribution in [1.29, 1.82) is 0 Å². The number of carbonyl (C=O) groups excluding carboxylic acids is 1. The Morgan fingerprint density at radius 1 is 1.16 bits per heavy atom. The Hall–Kier alpha value is -4.09. The van der Waals surface area contributed by atoms with Gasteiger partial charge >= 0.3 is 0 Å². The van der Waals surface area contributed by atoms with Crippen LogP contribution in [-0.2, 0) is 24.0 Å². The Balaban J connectivity index is 1.58. The Bertz CT molecular complexity index is 1720. The first kappa shape index (κ1) is 32.3. The first-order valence-electron chi connectivity index (χ1n) is 15.2. The number of halogens is 1. The van der Waals surface area contributed by atoms with Crippen LogP contribution in [0.5, 0.6) is 5.75 Å². The summed E-state index contributed by atoms with van der Waals surface area (Å²) in [7, 11) is 9.64. The van der Waals surface area contributed by atoms with Gasteiger partial charge in [0.15, 0.2) is 0 Å². The van der Waals surface area contributed by atoms with Crippen LogP contribution in [0.3, 0.4) is 0 Å². The van der Waals surface area contributed by atoms with Crippen molar-refractivity contribution in [2.45, 2.75) is 31.9 Å². The van der Waals surface area contributed by atoms with Gasteiger partial charge in [0.25, 0.3) is 0 Å². The maximum absolute atomic E-state index is 14.4. The second-order valence-electron chi connectivity index (χ2n) is 11.5. The minimum Gasteiger partial charge on any atom is -0.494 e. The number of ether oxygens (including phenoxy) is 1. The van der Waals surface area contributed by atoms with E-state index in [1.54, 1.807) is 25.3 Å². The Kier molecular flexibility index (Phi) is 10.3. The normalized spacial score (nSPS) is 13.0. The van der Waals surface area contributed by atoms with Gasteiger partial charge in [0.1, 0.15) is 11.6 Å². The zero-order valence-electron chi connectivity index (χ0n) is 26.9. The Morgan fingerprint density at radius 3 is 2.73 bits per heavy atom. The van der Waals surface area contributed by atoms with Crippen LogP contribution in [0.15, 0.2) is 48.7 Å². The molecule has 0 radical (unpaired) electrons. The van der Waals surface area contributed by atoms with Gasteiger partial charge in [-0.3, -0.25) is 4.79 Å². The molecule has 2 aromatic heterocycles.